The molecule has 19 heavy (non-hydrogen) atoms. The van der Waals surface area contributed by atoms with E-state index in [1.807, 2.05) is 6.07 Å². The van der Waals surface area contributed by atoms with E-state index in [-0.39, 0.29) is 12.8 Å². The second-order valence-electron chi connectivity index (χ2n) is 4.60. The minimum atomic E-state index is -1.70. The lowest BCUT2D eigenvalue weighted by Gasteiger charge is -2.08. The highest BCUT2D eigenvalue weighted by atomic mass is 79.9. The van der Waals surface area contributed by atoms with E-state index >= 15 is 0 Å². The summed E-state index contributed by atoms with van der Waals surface area (Å²) in [6, 6.07) is 5.30. The molecular formula is C13H9BrClFN2O. The zero-order valence-electron chi connectivity index (χ0n) is 9.71. The predicted molar refractivity (Wildman–Crippen MR) is 76.2 cm³/mol. The van der Waals surface area contributed by atoms with Gasteiger partial charge in [0.1, 0.15) is 5.82 Å². The fourth-order valence-electron chi connectivity index (χ4n) is 1.77. The van der Waals surface area contributed by atoms with Crippen LogP contribution in [0, 0.1) is 0 Å². The van der Waals surface area contributed by atoms with Crippen LogP contribution in [-0.2, 0) is 4.79 Å². The van der Waals surface area contributed by atoms with E-state index in [9.17, 15) is 9.18 Å². The number of hydrogen-bond donors (Lipinski definition) is 1. The van der Waals surface area contributed by atoms with Gasteiger partial charge in [0.15, 0.2) is 5.67 Å². The van der Waals surface area contributed by atoms with Crippen molar-refractivity contribution >= 4 is 50.0 Å². The molecule has 1 fully saturated rings. The summed E-state index contributed by atoms with van der Waals surface area (Å²) in [6.07, 6.45) is 2.17. The van der Waals surface area contributed by atoms with Crippen LogP contribution in [0.15, 0.2) is 28.9 Å². The third-order valence-corrected chi connectivity index (χ3v) is 4.30. The highest BCUT2D eigenvalue weighted by molar-refractivity contribution is 9.10. The van der Waals surface area contributed by atoms with Crippen LogP contribution < -0.4 is 5.32 Å². The molecule has 2 aromatic rings. The summed E-state index contributed by atoms with van der Waals surface area (Å²) in [4.78, 5) is 15.7. The number of hydrogen-bond acceptors (Lipinski definition) is 2. The molecule has 0 radical (unpaired) electrons. The van der Waals surface area contributed by atoms with Gasteiger partial charge in [-0.2, -0.15) is 0 Å². The lowest BCUT2D eigenvalue weighted by Crippen LogP contribution is -2.25. The molecule has 1 aromatic carbocycles. The van der Waals surface area contributed by atoms with Gasteiger partial charge in [-0.05, 0) is 52.4 Å². The van der Waals surface area contributed by atoms with Crippen LogP contribution in [0.2, 0.25) is 5.02 Å². The topological polar surface area (TPSA) is 42.0 Å². The average molecular weight is 344 g/mol. The minimum absolute atomic E-state index is 0.285. The Kier molecular flexibility index (Phi) is 2.98. The van der Waals surface area contributed by atoms with Crippen LogP contribution in [0.25, 0.3) is 10.8 Å². The minimum Gasteiger partial charge on any atom is -0.308 e. The van der Waals surface area contributed by atoms with Crippen molar-refractivity contribution in [1.82, 2.24) is 4.98 Å². The Balaban J connectivity index is 1.93. The third kappa shape index (κ3) is 2.44. The Morgan fingerprint density at radius 1 is 1.37 bits per heavy atom. The van der Waals surface area contributed by atoms with Crippen molar-refractivity contribution in [2.75, 3.05) is 5.32 Å². The van der Waals surface area contributed by atoms with Gasteiger partial charge >= 0.3 is 0 Å². The largest absolute Gasteiger partial charge is 0.308 e. The summed E-state index contributed by atoms with van der Waals surface area (Å²) in [5.41, 5.74) is -1.70. The Bertz CT molecular complexity index is 688. The second kappa shape index (κ2) is 4.42. The molecule has 1 saturated carbocycles. The summed E-state index contributed by atoms with van der Waals surface area (Å²) in [5, 5.41) is 4.81. The van der Waals surface area contributed by atoms with Crippen LogP contribution in [0.1, 0.15) is 12.8 Å². The number of carbonyl (C=O) groups is 1. The van der Waals surface area contributed by atoms with E-state index in [0.717, 1.165) is 15.2 Å². The summed E-state index contributed by atoms with van der Waals surface area (Å²) in [7, 11) is 0. The van der Waals surface area contributed by atoms with Gasteiger partial charge in [-0.1, -0.05) is 11.6 Å². The molecule has 0 atom stereocenters. The van der Waals surface area contributed by atoms with Gasteiger partial charge in [0.2, 0.25) is 0 Å². The number of nitrogens with one attached hydrogen (secondary N) is 1. The van der Waals surface area contributed by atoms with E-state index in [0.29, 0.717) is 10.8 Å². The van der Waals surface area contributed by atoms with Crippen molar-refractivity contribution in [3.8, 4) is 0 Å². The van der Waals surface area contributed by atoms with Gasteiger partial charge in [0.25, 0.3) is 5.91 Å². The maximum atomic E-state index is 13.5. The highest BCUT2D eigenvalue weighted by Gasteiger charge is 2.50. The molecule has 0 bridgehead atoms. The monoisotopic (exact) mass is 342 g/mol. The smallest absolute Gasteiger partial charge is 0.263 e. The van der Waals surface area contributed by atoms with E-state index in [4.69, 9.17) is 11.6 Å². The molecule has 1 aliphatic rings. The molecule has 0 spiro atoms. The van der Waals surface area contributed by atoms with Crippen molar-refractivity contribution in [2.24, 2.45) is 0 Å². The molecule has 0 saturated heterocycles. The van der Waals surface area contributed by atoms with E-state index in [1.165, 1.54) is 0 Å². The normalized spacial score (nSPS) is 16.4. The molecule has 0 aliphatic heterocycles. The maximum absolute atomic E-state index is 13.5. The molecule has 1 heterocycles. The van der Waals surface area contributed by atoms with Gasteiger partial charge in [0.05, 0.1) is 5.02 Å². The number of rotatable bonds is 2. The van der Waals surface area contributed by atoms with Crippen molar-refractivity contribution in [1.29, 1.82) is 0 Å². The molecule has 1 amide bonds. The van der Waals surface area contributed by atoms with Gasteiger partial charge in [-0.3, -0.25) is 4.79 Å². The van der Waals surface area contributed by atoms with Crippen LogP contribution in [-0.4, -0.2) is 16.6 Å². The second-order valence-corrected chi connectivity index (χ2v) is 5.86. The first-order chi connectivity index (χ1) is 8.98. The fourth-order valence-corrected chi connectivity index (χ4v) is 2.30. The number of pyridine rings is 1. The van der Waals surface area contributed by atoms with Crippen LogP contribution in [0.4, 0.5) is 10.2 Å². The number of alkyl halides is 1. The van der Waals surface area contributed by atoms with Gasteiger partial charge in [0, 0.05) is 16.1 Å². The van der Waals surface area contributed by atoms with E-state index in [2.05, 4.69) is 26.2 Å². The number of carbonyl (C=O) groups excluding carboxylic acids is 1. The standard InChI is InChI=1S/C13H9BrClFN2O/c14-9-3-7-5-11(17-6-8(7)4-10(9)15)18-12(19)13(16)1-2-13/h3-6H,1-2H2,(H,17,18,19). The van der Waals surface area contributed by atoms with Crippen molar-refractivity contribution < 1.29 is 9.18 Å². The lowest BCUT2D eigenvalue weighted by atomic mass is 10.2. The first-order valence-electron chi connectivity index (χ1n) is 5.73. The molecule has 98 valence electrons. The molecule has 6 heteroatoms. The Hall–Kier alpha value is -1.20. The Morgan fingerprint density at radius 2 is 2.11 bits per heavy atom. The first-order valence-corrected chi connectivity index (χ1v) is 6.90. The summed E-state index contributed by atoms with van der Waals surface area (Å²) in [6.45, 7) is 0. The maximum Gasteiger partial charge on any atom is 0.263 e. The van der Waals surface area contributed by atoms with Crippen molar-refractivity contribution in [3.05, 3.63) is 33.9 Å². The molecule has 1 aromatic heterocycles. The lowest BCUT2D eigenvalue weighted by molar-refractivity contribution is -0.122. The number of halogens is 3. The molecule has 3 rings (SSSR count). The molecular weight excluding hydrogens is 335 g/mol. The zero-order chi connectivity index (χ0) is 13.6. The van der Waals surface area contributed by atoms with Gasteiger partial charge < -0.3 is 5.32 Å². The predicted octanol–water partition coefficient (Wildman–Crippen LogP) is 4.09. The summed E-state index contributed by atoms with van der Waals surface area (Å²) in [5.74, 6) is -0.275. The number of fused-ring (bicyclic) bond motifs is 1. The first kappa shape index (κ1) is 12.8. The average Bonchev–Trinajstić information content (AvgIpc) is 3.11. The van der Waals surface area contributed by atoms with Crippen molar-refractivity contribution in [3.63, 3.8) is 0 Å². The van der Waals surface area contributed by atoms with E-state index < -0.39 is 11.6 Å². The van der Waals surface area contributed by atoms with Crippen LogP contribution >= 0.6 is 27.5 Å². The zero-order valence-corrected chi connectivity index (χ0v) is 12.1. The quantitative estimate of drug-likeness (QED) is 0.892. The van der Waals surface area contributed by atoms with Crippen LogP contribution in [0.5, 0.6) is 0 Å². The number of anilines is 1. The highest BCUT2D eigenvalue weighted by Crippen LogP contribution is 2.40. The SMILES string of the molecule is O=C(Nc1cc2cc(Br)c(Cl)cc2cn1)C1(F)CC1. The Labute approximate surface area is 122 Å². The van der Waals surface area contributed by atoms with Gasteiger partial charge in [-0.15, -0.1) is 0 Å². The molecule has 1 N–H and O–H groups in total. The van der Waals surface area contributed by atoms with Crippen molar-refractivity contribution in [2.45, 2.75) is 18.5 Å². The Morgan fingerprint density at radius 3 is 2.79 bits per heavy atom. The number of benzene rings is 1. The van der Waals surface area contributed by atoms with E-state index in [1.54, 1.807) is 18.3 Å². The van der Waals surface area contributed by atoms with Crippen LogP contribution in [0.3, 0.4) is 0 Å². The molecule has 0 unspecified atom stereocenters. The number of nitrogens with zero attached hydrogens (tertiary/aromatic N) is 1. The number of aromatic nitrogens is 1. The number of amides is 1. The molecule has 3 nitrogen and oxygen atoms in total. The third-order valence-electron chi connectivity index (χ3n) is 3.10. The summed E-state index contributed by atoms with van der Waals surface area (Å²) >= 11 is 9.32. The summed E-state index contributed by atoms with van der Waals surface area (Å²) < 4.78 is 14.3. The fraction of sp³-hybridized carbons (Fsp3) is 0.231. The van der Waals surface area contributed by atoms with Gasteiger partial charge in [-0.25, -0.2) is 9.37 Å². The molecule has 1 aliphatic carbocycles.